The van der Waals surface area contributed by atoms with E-state index in [0.717, 1.165) is 35.2 Å². The molecule has 0 spiro atoms. The molecule has 146 valence electrons. The maximum absolute atomic E-state index is 9.44. The van der Waals surface area contributed by atoms with Gasteiger partial charge in [0.2, 0.25) is 5.75 Å². The number of benzene rings is 2. The molecule has 0 bridgehead atoms. The molecule has 0 amide bonds. The number of ether oxygens (including phenoxy) is 3. The first-order valence-electron chi connectivity index (χ1n) is 9.18. The lowest BCUT2D eigenvalue weighted by Gasteiger charge is -2.18. The standard InChI is InChI=1S/C23H25NO4/c1-16-20(14-11-17-9-12-19(25)13-10-17)24-23(27-3)22(26-2)21(16)28-15-18-7-5-4-6-8-18/h4-10,12-13,25H,11,14-15H2,1-3H3. The van der Waals surface area contributed by atoms with Gasteiger partial charge in [0, 0.05) is 5.56 Å². The molecule has 5 heteroatoms. The summed E-state index contributed by atoms with van der Waals surface area (Å²) in [5.74, 6) is 1.83. The largest absolute Gasteiger partial charge is 0.508 e. The lowest BCUT2D eigenvalue weighted by Crippen LogP contribution is -2.07. The highest BCUT2D eigenvalue weighted by atomic mass is 16.5. The fourth-order valence-corrected chi connectivity index (χ4v) is 3.05. The zero-order valence-corrected chi connectivity index (χ0v) is 16.4. The number of rotatable bonds is 8. The van der Waals surface area contributed by atoms with Gasteiger partial charge in [-0.2, -0.15) is 0 Å². The lowest BCUT2D eigenvalue weighted by atomic mass is 10.0. The third-order valence-electron chi connectivity index (χ3n) is 4.62. The molecule has 0 unspecified atom stereocenters. The Balaban J connectivity index is 1.86. The van der Waals surface area contributed by atoms with Crippen molar-refractivity contribution >= 4 is 0 Å². The number of hydrogen-bond donors (Lipinski definition) is 1. The van der Waals surface area contributed by atoms with Crippen molar-refractivity contribution in [3.63, 3.8) is 0 Å². The first-order chi connectivity index (χ1) is 13.6. The van der Waals surface area contributed by atoms with Crippen LogP contribution in [0.15, 0.2) is 54.6 Å². The molecule has 1 aromatic heterocycles. The number of phenolic OH excluding ortho intramolecular Hbond substituents is 1. The molecule has 2 aromatic carbocycles. The smallest absolute Gasteiger partial charge is 0.261 e. The number of aromatic hydroxyl groups is 1. The molecular formula is C23H25NO4. The molecule has 0 aliphatic rings. The van der Waals surface area contributed by atoms with E-state index in [1.54, 1.807) is 26.4 Å². The number of pyridine rings is 1. The fourth-order valence-electron chi connectivity index (χ4n) is 3.05. The van der Waals surface area contributed by atoms with Crippen LogP contribution < -0.4 is 14.2 Å². The van der Waals surface area contributed by atoms with Crippen molar-refractivity contribution in [1.82, 2.24) is 4.98 Å². The molecule has 0 aliphatic heterocycles. The highest BCUT2D eigenvalue weighted by Gasteiger charge is 2.20. The minimum absolute atomic E-state index is 0.265. The number of phenols is 1. The van der Waals surface area contributed by atoms with Crippen molar-refractivity contribution in [1.29, 1.82) is 0 Å². The van der Waals surface area contributed by atoms with Crippen LogP contribution in [-0.2, 0) is 19.4 Å². The van der Waals surface area contributed by atoms with Crippen LogP contribution in [0.2, 0.25) is 0 Å². The van der Waals surface area contributed by atoms with E-state index >= 15 is 0 Å². The van der Waals surface area contributed by atoms with E-state index in [-0.39, 0.29) is 5.75 Å². The molecule has 28 heavy (non-hydrogen) atoms. The third kappa shape index (κ3) is 4.55. The topological polar surface area (TPSA) is 60.8 Å². The summed E-state index contributed by atoms with van der Waals surface area (Å²) < 4.78 is 17.1. The highest BCUT2D eigenvalue weighted by Crippen LogP contribution is 2.40. The zero-order chi connectivity index (χ0) is 19.9. The highest BCUT2D eigenvalue weighted by molar-refractivity contribution is 5.54. The van der Waals surface area contributed by atoms with E-state index in [2.05, 4.69) is 4.98 Å². The fraction of sp³-hybridized carbons (Fsp3) is 0.261. The van der Waals surface area contributed by atoms with Crippen molar-refractivity contribution in [3.05, 3.63) is 77.0 Å². The van der Waals surface area contributed by atoms with Crippen LogP contribution in [0.3, 0.4) is 0 Å². The molecule has 0 fully saturated rings. The second-order valence-corrected chi connectivity index (χ2v) is 6.50. The van der Waals surface area contributed by atoms with Gasteiger partial charge in [0.25, 0.3) is 5.88 Å². The van der Waals surface area contributed by atoms with Gasteiger partial charge in [0.05, 0.1) is 19.9 Å². The number of nitrogens with zero attached hydrogens (tertiary/aromatic N) is 1. The van der Waals surface area contributed by atoms with Crippen LogP contribution in [0.4, 0.5) is 0 Å². The number of aryl methyl sites for hydroxylation is 2. The third-order valence-corrected chi connectivity index (χ3v) is 4.62. The van der Waals surface area contributed by atoms with Gasteiger partial charge in [-0.15, -0.1) is 0 Å². The van der Waals surface area contributed by atoms with E-state index in [4.69, 9.17) is 14.2 Å². The van der Waals surface area contributed by atoms with Crippen LogP contribution in [0, 0.1) is 6.92 Å². The van der Waals surface area contributed by atoms with Gasteiger partial charge in [-0.3, -0.25) is 0 Å². The Kier molecular flexibility index (Phi) is 6.37. The minimum Gasteiger partial charge on any atom is -0.508 e. The van der Waals surface area contributed by atoms with Crippen molar-refractivity contribution in [2.45, 2.75) is 26.4 Å². The summed E-state index contributed by atoms with van der Waals surface area (Å²) in [7, 11) is 3.16. The molecule has 0 atom stereocenters. The Bertz CT molecular complexity index is 908. The van der Waals surface area contributed by atoms with Crippen molar-refractivity contribution in [2.75, 3.05) is 14.2 Å². The zero-order valence-electron chi connectivity index (χ0n) is 16.4. The molecule has 0 saturated heterocycles. The number of hydrogen-bond acceptors (Lipinski definition) is 5. The summed E-state index contributed by atoms with van der Waals surface area (Å²) >= 11 is 0. The van der Waals surface area contributed by atoms with Crippen LogP contribution in [0.25, 0.3) is 0 Å². The summed E-state index contributed by atoms with van der Waals surface area (Å²) in [5.41, 5.74) is 4.03. The molecule has 1 heterocycles. The van der Waals surface area contributed by atoms with Crippen LogP contribution in [0.5, 0.6) is 23.1 Å². The number of methoxy groups -OCH3 is 2. The van der Waals surface area contributed by atoms with Crippen LogP contribution in [-0.4, -0.2) is 24.3 Å². The van der Waals surface area contributed by atoms with Gasteiger partial charge in [-0.05, 0) is 43.0 Å². The average Bonchev–Trinajstić information content (AvgIpc) is 2.73. The van der Waals surface area contributed by atoms with Gasteiger partial charge >= 0.3 is 0 Å². The van der Waals surface area contributed by atoms with Gasteiger partial charge in [0.1, 0.15) is 12.4 Å². The molecular weight excluding hydrogens is 354 g/mol. The Morgan fingerprint density at radius 2 is 1.54 bits per heavy atom. The second kappa shape index (κ2) is 9.13. The van der Waals surface area contributed by atoms with Crippen molar-refractivity contribution < 1.29 is 19.3 Å². The van der Waals surface area contributed by atoms with E-state index in [1.165, 1.54) is 0 Å². The predicted octanol–water partition coefficient (Wildman–Crippen LogP) is 4.48. The molecule has 0 saturated carbocycles. The van der Waals surface area contributed by atoms with Crippen molar-refractivity contribution in [3.8, 4) is 23.1 Å². The monoisotopic (exact) mass is 379 g/mol. The molecule has 0 radical (unpaired) electrons. The maximum Gasteiger partial charge on any atom is 0.261 e. The summed E-state index contributed by atoms with van der Waals surface area (Å²) in [5, 5.41) is 9.44. The average molecular weight is 379 g/mol. The molecule has 3 rings (SSSR count). The predicted molar refractivity (Wildman–Crippen MR) is 108 cm³/mol. The summed E-state index contributed by atoms with van der Waals surface area (Å²) in [6.45, 7) is 2.42. The second-order valence-electron chi connectivity index (χ2n) is 6.50. The summed E-state index contributed by atoms with van der Waals surface area (Å²) in [4.78, 5) is 4.63. The van der Waals surface area contributed by atoms with Crippen LogP contribution >= 0.6 is 0 Å². The Morgan fingerprint density at radius 3 is 2.18 bits per heavy atom. The Hall–Kier alpha value is -3.21. The minimum atomic E-state index is 0.265. The first kappa shape index (κ1) is 19.5. The van der Waals surface area contributed by atoms with Gasteiger partial charge < -0.3 is 19.3 Å². The maximum atomic E-state index is 9.44. The van der Waals surface area contributed by atoms with E-state index < -0.39 is 0 Å². The van der Waals surface area contributed by atoms with E-state index in [1.807, 2.05) is 49.4 Å². The van der Waals surface area contributed by atoms with Gasteiger partial charge in [-0.25, -0.2) is 4.98 Å². The van der Waals surface area contributed by atoms with E-state index in [0.29, 0.717) is 24.0 Å². The lowest BCUT2D eigenvalue weighted by molar-refractivity contribution is 0.269. The van der Waals surface area contributed by atoms with Crippen LogP contribution in [0.1, 0.15) is 22.4 Å². The normalized spacial score (nSPS) is 10.5. The van der Waals surface area contributed by atoms with Crippen molar-refractivity contribution in [2.24, 2.45) is 0 Å². The summed E-state index contributed by atoms with van der Waals surface area (Å²) in [6, 6.07) is 17.2. The van der Waals surface area contributed by atoms with E-state index in [9.17, 15) is 5.11 Å². The Morgan fingerprint density at radius 1 is 0.821 bits per heavy atom. The van der Waals surface area contributed by atoms with Gasteiger partial charge in [-0.1, -0.05) is 42.5 Å². The molecule has 5 nitrogen and oxygen atoms in total. The quantitative estimate of drug-likeness (QED) is 0.625. The number of aromatic nitrogens is 1. The SMILES string of the molecule is COc1nc(CCc2ccc(O)cc2)c(C)c(OCc2ccccc2)c1OC. The molecule has 0 aliphatic carbocycles. The van der Waals surface area contributed by atoms with Gasteiger partial charge in [0.15, 0.2) is 5.75 Å². The first-order valence-corrected chi connectivity index (χ1v) is 9.18. The summed E-state index contributed by atoms with van der Waals surface area (Å²) in [6.07, 6.45) is 1.51. The Labute approximate surface area is 165 Å². The molecule has 1 N–H and O–H groups in total. The molecule has 3 aromatic rings.